The standard InChI is InChI=1S/C18H26FN3O/c1-21(2)11-13-9-10-22(12-13)18(23)20-17(14-3-4-14)15-5-7-16(19)8-6-15/h5-8,13-14,17H,3-4,9-12H2,1-2H3,(H,20,23)/t13-,17+/m0/s1. The highest BCUT2D eigenvalue weighted by Crippen LogP contribution is 2.41. The maximum atomic E-state index is 13.1. The lowest BCUT2D eigenvalue weighted by Gasteiger charge is -2.24. The molecular formula is C18H26FN3O. The van der Waals surface area contributed by atoms with Gasteiger partial charge >= 0.3 is 6.03 Å². The van der Waals surface area contributed by atoms with Gasteiger partial charge < -0.3 is 15.1 Å². The van der Waals surface area contributed by atoms with Crippen LogP contribution in [0.5, 0.6) is 0 Å². The summed E-state index contributed by atoms with van der Waals surface area (Å²) in [6.07, 6.45) is 3.33. The van der Waals surface area contributed by atoms with E-state index in [1.807, 2.05) is 4.90 Å². The summed E-state index contributed by atoms with van der Waals surface area (Å²) >= 11 is 0. The Labute approximate surface area is 137 Å². The van der Waals surface area contributed by atoms with Crippen LogP contribution in [-0.2, 0) is 0 Å². The summed E-state index contributed by atoms with van der Waals surface area (Å²) in [6, 6.07) is 6.55. The van der Waals surface area contributed by atoms with Crippen molar-refractivity contribution in [2.75, 3.05) is 33.7 Å². The van der Waals surface area contributed by atoms with Crippen LogP contribution in [0.15, 0.2) is 24.3 Å². The topological polar surface area (TPSA) is 35.6 Å². The number of hydrogen-bond acceptors (Lipinski definition) is 2. The monoisotopic (exact) mass is 319 g/mol. The van der Waals surface area contributed by atoms with Crippen LogP contribution >= 0.6 is 0 Å². The Morgan fingerprint density at radius 3 is 2.61 bits per heavy atom. The Balaban J connectivity index is 1.60. The molecule has 0 unspecified atom stereocenters. The number of amides is 2. The molecule has 4 nitrogen and oxygen atoms in total. The van der Waals surface area contributed by atoms with Gasteiger partial charge in [0.1, 0.15) is 5.82 Å². The largest absolute Gasteiger partial charge is 0.331 e. The molecule has 2 amide bonds. The van der Waals surface area contributed by atoms with Crippen LogP contribution in [0.1, 0.15) is 30.9 Å². The normalized spacial score (nSPS) is 22.4. The third-order valence-electron chi connectivity index (χ3n) is 4.80. The SMILES string of the molecule is CN(C)C[C@@H]1CCN(C(=O)N[C@@H](c2ccc(F)cc2)C2CC2)C1. The van der Waals surface area contributed by atoms with Crippen molar-refractivity contribution in [2.45, 2.75) is 25.3 Å². The number of nitrogens with one attached hydrogen (secondary N) is 1. The predicted molar refractivity (Wildman–Crippen MR) is 88.6 cm³/mol. The Morgan fingerprint density at radius 1 is 1.30 bits per heavy atom. The molecule has 1 saturated carbocycles. The van der Waals surface area contributed by atoms with Gasteiger partial charge in [-0.15, -0.1) is 0 Å². The molecule has 1 aromatic rings. The van der Waals surface area contributed by atoms with Crippen molar-refractivity contribution in [3.8, 4) is 0 Å². The van der Waals surface area contributed by atoms with Crippen LogP contribution in [-0.4, -0.2) is 49.6 Å². The molecule has 1 aliphatic heterocycles. The highest BCUT2D eigenvalue weighted by molar-refractivity contribution is 5.75. The number of carbonyl (C=O) groups excluding carboxylic acids is 1. The van der Waals surface area contributed by atoms with E-state index in [1.165, 1.54) is 12.1 Å². The molecule has 0 radical (unpaired) electrons. The van der Waals surface area contributed by atoms with Gasteiger partial charge in [0.15, 0.2) is 0 Å². The average Bonchev–Trinajstić information content (AvgIpc) is 3.24. The molecule has 0 bridgehead atoms. The van der Waals surface area contributed by atoms with Gasteiger partial charge in [0.05, 0.1) is 6.04 Å². The molecule has 1 heterocycles. The van der Waals surface area contributed by atoms with Crippen molar-refractivity contribution in [1.82, 2.24) is 15.1 Å². The molecule has 1 N–H and O–H groups in total. The van der Waals surface area contributed by atoms with Crippen LogP contribution in [0.2, 0.25) is 0 Å². The van der Waals surface area contributed by atoms with E-state index in [1.54, 1.807) is 12.1 Å². The van der Waals surface area contributed by atoms with Crippen LogP contribution in [0, 0.1) is 17.7 Å². The van der Waals surface area contributed by atoms with Crippen LogP contribution in [0.25, 0.3) is 0 Å². The van der Waals surface area contributed by atoms with Gasteiger partial charge in [-0.25, -0.2) is 9.18 Å². The van der Waals surface area contributed by atoms with Gasteiger partial charge in [-0.2, -0.15) is 0 Å². The number of urea groups is 1. The number of benzene rings is 1. The molecule has 0 spiro atoms. The minimum Gasteiger partial charge on any atom is -0.331 e. The Morgan fingerprint density at radius 2 is 2.00 bits per heavy atom. The summed E-state index contributed by atoms with van der Waals surface area (Å²) in [4.78, 5) is 16.7. The molecule has 1 aromatic carbocycles. The van der Waals surface area contributed by atoms with Crippen molar-refractivity contribution in [3.63, 3.8) is 0 Å². The first kappa shape index (κ1) is 16.2. The van der Waals surface area contributed by atoms with E-state index in [0.717, 1.165) is 44.5 Å². The fourth-order valence-electron chi connectivity index (χ4n) is 3.48. The van der Waals surface area contributed by atoms with Crippen molar-refractivity contribution < 1.29 is 9.18 Å². The molecule has 1 saturated heterocycles. The van der Waals surface area contributed by atoms with Crippen molar-refractivity contribution >= 4 is 6.03 Å². The first-order chi connectivity index (χ1) is 11.0. The van der Waals surface area contributed by atoms with Gasteiger partial charge in [0.25, 0.3) is 0 Å². The van der Waals surface area contributed by atoms with Crippen molar-refractivity contribution in [1.29, 1.82) is 0 Å². The van der Waals surface area contributed by atoms with Crippen LogP contribution in [0.4, 0.5) is 9.18 Å². The lowest BCUT2D eigenvalue weighted by molar-refractivity contribution is 0.199. The highest BCUT2D eigenvalue weighted by atomic mass is 19.1. The van der Waals surface area contributed by atoms with Crippen molar-refractivity contribution in [3.05, 3.63) is 35.6 Å². The molecule has 0 aromatic heterocycles. The van der Waals surface area contributed by atoms with Crippen molar-refractivity contribution in [2.24, 2.45) is 11.8 Å². The second kappa shape index (κ2) is 6.87. The molecule has 5 heteroatoms. The molecule has 2 fully saturated rings. The fourth-order valence-corrected chi connectivity index (χ4v) is 3.48. The number of halogens is 1. The molecule has 2 aliphatic rings. The highest BCUT2D eigenvalue weighted by Gasteiger charge is 2.35. The minimum atomic E-state index is -0.235. The second-order valence-corrected chi connectivity index (χ2v) is 7.18. The number of nitrogens with zero attached hydrogens (tertiary/aromatic N) is 2. The summed E-state index contributed by atoms with van der Waals surface area (Å²) in [7, 11) is 4.14. The van der Waals surface area contributed by atoms with Gasteiger partial charge in [-0.3, -0.25) is 0 Å². The van der Waals surface area contributed by atoms with Gasteiger partial charge in [-0.05, 0) is 62.9 Å². The maximum Gasteiger partial charge on any atom is 0.317 e. The quantitative estimate of drug-likeness (QED) is 0.906. The molecular weight excluding hydrogens is 293 g/mol. The summed E-state index contributed by atoms with van der Waals surface area (Å²) in [5.41, 5.74) is 1.01. The van der Waals surface area contributed by atoms with E-state index in [4.69, 9.17) is 0 Å². The van der Waals surface area contributed by atoms with Crippen LogP contribution < -0.4 is 5.32 Å². The van der Waals surface area contributed by atoms with E-state index in [2.05, 4.69) is 24.3 Å². The number of carbonyl (C=O) groups is 1. The Bertz CT molecular complexity index is 542. The van der Waals surface area contributed by atoms with Crippen LogP contribution in [0.3, 0.4) is 0 Å². The van der Waals surface area contributed by atoms with E-state index in [9.17, 15) is 9.18 Å². The molecule has 1 aliphatic carbocycles. The van der Waals surface area contributed by atoms with E-state index in [0.29, 0.717) is 11.8 Å². The summed E-state index contributed by atoms with van der Waals surface area (Å²) in [6.45, 7) is 2.67. The Kier molecular flexibility index (Phi) is 4.85. The Hall–Kier alpha value is -1.62. The van der Waals surface area contributed by atoms with E-state index >= 15 is 0 Å². The molecule has 126 valence electrons. The molecule has 2 atom stereocenters. The molecule has 23 heavy (non-hydrogen) atoms. The fraction of sp³-hybridized carbons (Fsp3) is 0.611. The average molecular weight is 319 g/mol. The number of hydrogen-bond donors (Lipinski definition) is 1. The van der Waals surface area contributed by atoms with E-state index < -0.39 is 0 Å². The lowest BCUT2D eigenvalue weighted by Crippen LogP contribution is -2.41. The lowest BCUT2D eigenvalue weighted by atomic mass is 10.0. The van der Waals surface area contributed by atoms with Gasteiger partial charge in [-0.1, -0.05) is 12.1 Å². The smallest absolute Gasteiger partial charge is 0.317 e. The first-order valence-corrected chi connectivity index (χ1v) is 8.48. The maximum absolute atomic E-state index is 13.1. The summed E-state index contributed by atoms with van der Waals surface area (Å²) in [5.74, 6) is 0.811. The number of rotatable bonds is 5. The van der Waals surface area contributed by atoms with E-state index in [-0.39, 0.29) is 17.9 Å². The zero-order valence-electron chi connectivity index (χ0n) is 14.0. The molecule has 3 rings (SSSR count). The minimum absolute atomic E-state index is 0.0102. The summed E-state index contributed by atoms with van der Waals surface area (Å²) < 4.78 is 13.1. The predicted octanol–water partition coefficient (Wildman–Crippen LogP) is 2.87. The zero-order chi connectivity index (χ0) is 16.4. The number of likely N-dealkylation sites (tertiary alicyclic amines) is 1. The second-order valence-electron chi connectivity index (χ2n) is 7.18. The van der Waals surface area contributed by atoms with Gasteiger partial charge in [0.2, 0.25) is 0 Å². The summed E-state index contributed by atoms with van der Waals surface area (Å²) in [5, 5.41) is 3.18. The first-order valence-electron chi connectivity index (χ1n) is 8.48. The third kappa shape index (κ3) is 4.22. The zero-order valence-corrected chi connectivity index (χ0v) is 14.0. The van der Waals surface area contributed by atoms with Gasteiger partial charge in [0, 0.05) is 19.6 Å². The third-order valence-corrected chi connectivity index (χ3v) is 4.80.